The number of rotatable bonds is 4. The first-order valence-corrected chi connectivity index (χ1v) is 6.79. The van der Waals surface area contributed by atoms with Crippen LogP contribution < -0.4 is 4.74 Å². The van der Waals surface area contributed by atoms with Crippen molar-refractivity contribution in [2.75, 3.05) is 6.61 Å². The topological polar surface area (TPSA) is 18.5 Å². The zero-order valence-corrected chi connectivity index (χ0v) is 11.8. The summed E-state index contributed by atoms with van der Waals surface area (Å²) in [4.78, 5) is 0. The van der Waals surface area contributed by atoms with E-state index in [0.29, 0.717) is 5.56 Å². The van der Waals surface area contributed by atoms with Crippen LogP contribution in [-0.2, 0) is 10.6 Å². The van der Waals surface area contributed by atoms with Gasteiger partial charge in [0.05, 0.1) is 11.7 Å². The Kier molecular flexibility index (Phi) is 4.31. The molecule has 1 aromatic rings. The number of ether oxygens (including phenoxy) is 2. The predicted octanol–water partition coefficient (Wildman–Crippen LogP) is 4.04. The third-order valence-corrected chi connectivity index (χ3v) is 3.49. The van der Waals surface area contributed by atoms with Crippen molar-refractivity contribution in [3.63, 3.8) is 0 Å². The predicted molar refractivity (Wildman–Crippen MR) is 69.6 cm³/mol. The van der Waals surface area contributed by atoms with Gasteiger partial charge in [0.2, 0.25) is 0 Å². The van der Waals surface area contributed by atoms with E-state index >= 15 is 0 Å². The van der Waals surface area contributed by atoms with Crippen LogP contribution in [0.1, 0.15) is 32.3 Å². The summed E-state index contributed by atoms with van der Waals surface area (Å²) in [7, 11) is 0. The molecule has 1 heterocycles. The Hall–Kier alpha value is -0.870. The van der Waals surface area contributed by atoms with E-state index in [2.05, 4.69) is 0 Å². The zero-order valence-electron chi connectivity index (χ0n) is 11.0. The Balaban J connectivity index is 2.00. The van der Waals surface area contributed by atoms with Gasteiger partial charge in [0, 0.05) is 5.88 Å². The summed E-state index contributed by atoms with van der Waals surface area (Å²) < 4.78 is 38.2. The lowest BCUT2D eigenvalue weighted by atomic mass is 10.1. The molecule has 0 aliphatic carbocycles. The summed E-state index contributed by atoms with van der Waals surface area (Å²) in [6, 6.07) is 2.37. The zero-order chi connectivity index (χ0) is 14.0. The first-order valence-electron chi connectivity index (χ1n) is 6.26. The smallest absolute Gasteiger partial charge is 0.190 e. The third kappa shape index (κ3) is 3.57. The van der Waals surface area contributed by atoms with Crippen LogP contribution in [0.3, 0.4) is 0 Å². The maximum absolute atomic E-state index is 13.7. The average Bonchev–Trinajstić information content (AvgIpc) is 2.67. The first kappa shape index (κ1) is 14.5. The van der Waals surface area contributed by atoms with Crippen LogP contribution in [-0.4, -0.2) is 18.3 Å². The monoisotopic (exact) mass is 290 g/mol. The fourth-order valence-corrected chi connectivity index (χ4v) is 2.35. The van der Waals surface area contributed by atoms with E-state index in [9.17, 15) is 8.78 Å². The molecule has 0 saturated carbocycles. The molecule has 0 spiro atoms. The minimum Gasteiger partial charge on any atom is -0.485 e. The van der Waals surface area contributed by atoms with Gasteiger partial charge >= 0.3 is 0 Å². The largest absolute Gasteiger partial charge is 0.485 e. The standard InChI is InChI=1S/C14H17ClF2O2/c1-14(2)4-3-10(19-14)8-18-13-11(16)5-9(7-15)6-12(13)17/h5-6,10H,3-4,7-8H2,1-2H3. The summed E-state index contributed by atoms with van der Waals surface area (Å²) in [5.74, 6) is -1.75. The van der Waals surface area contributed by atoms with Gasteiger partial charge in [-0.05, 0) is 44.4 Å². The lowest BCUT2D eigenvalue weighted by Crippen LogP contribution is -2.24. The van der Waals surface area contributed by atoms with Crippen molar-refractivity contribution < 1.29 is 18.3 Å². The molecule has 0 amide bonds. The van der Waals surface area contributed by atoms with Crippen molar-refractivity contribution in [3.05, 3.63) is 29.3 Å². The molecule has 2 nitrogen and oxygen atoms in total. The molecule has 1 unspecified atom stereocenters. The summed E-state index contributed by atoms with van der Waals surface area (Å²) >= 11 is 5.54. The van der Waals surface area contributed by atoms with E-state index in [0.717, 1.165) is 12.8 Å². The van der Waals surface area contributed by atoms with Crippen LogP contribution in [0, 0.1) is 11.6 Å². The fourth-order valence-electron chi connectivity index (χ4n) is 2.20. The summed E-state index contributed by atoms with van der Waals surface area (Å²) in [5.41, 5.74) is 0.204. The molecule has 1 saturated heterocycles. The lowest BCUT2D eigenvalue weighted by molar-refractivity contribution is -0.0335. The summed E-state index contributed by atoms with van der Waals surface area (Å²) in [6.07, 6.45) is 1.62. The van der Waals surface area contributed by atoms with E-state index in [1.165, 1.54) is 12.1 Å². The lowest BCUT2D eigenvalue weighted by Gasteiger charge is -2.19. The highest BCUT2D eigenvalue weighted by Crippen LogP contribution is 2.30. The second-order valence-corrected chi connectivity index (χ2v) is 5.64. The maximum Gasteiger partial charge on any atom is 0.190 e. The fraction of sp³-hybridized carbons (Fsp3) is 0.571. The van der Waals surface area contributed by atoms with Gasteiger partial charge in [-0.25, -0.2) is 8.78 Å². The second kappa shape index (κ2) is 5.63. The van der Waals surface area contributed by atoms with Crippen LogP contribution in [0.4, 0.5) is 8.78 Å². The average molecular weight is 291 g/mol. The van der Waals surface area contributed by atoms with E-state index in [1.54, 1.807) is 0 Å². The van der Waals surface area contributed by atoms with Crippen LogP contribution in [0.15, 0.2) is 12.1 Å². The molecule has 1 aliphatic heterocycles. The number of hydrogen-bond acceptors (Lipinski definition) is 2. The minimum atomic E-state index is -0.729. The van der Waals surface area contributed by atoms with Crippen LogP contribution in [0.5, 0.6) is 5.75 Å². The van der Waals surface area contributed by atoms with Crippen molar-refractivity contribution in [2.45, 2.75) is 44.3 Å². The van der Waals surface area contributed by atoms with Crippen molar-refractivity contribution in [1.82, 2.24) is 0 Å². The molecule has 0 bridgehead atoms. The molecule has 0 aromatic heterocycles. The number of halogens is 3. The summed E-state index contributed by atoms with van der Waals surface area (Å²) in [5, 5.41) is 0. The molecule has 5 heteroatoms. The number of hydrogen-bond donors (Lipinski definition) is 0. The van der Waals surface area contributed by atoms with Gasteiger partial charge in [0.15, 0.2) is 17.4 Å². The van der Waals surface area contributed by atoms with E-state index < -0.39 is 11.6 Å². The first-order chi connectivity index (χ1) is 8.91. The Morgan fingerprint density at radius 1 is 1.37 bits per heavy atom. The quantitative estimate of drug-likeness (QED) is 0.779. The molecular weight excluding hydrogens is 274 g/mol. The van der Waals surface area contributed by atoms with Crippen LogP contribution in [0.25, 0.3) is 0 Å². The summed E-state index contributed by atoms with van der Waals surface area (Å²) in [6.45, 7) is 4.13. The van der Waals surface area contributed by atoms with Gasteiger partial charge in [-0.15, -0.1) is 11.6 Å². The number of benzene rings is 1. The molecule has 1 atom stereocenters. The molecule has 2 rings (SSSR count). The molecule has 1 aromatic carbocycles. The highest BCUT2D eigenvalue weighted by Gasteiger charge is 2.32. The van der Waals surface area contributed by atoms with Crippen LogP contribution >= 0.6 is 11.6 Å². The van der Waals surface area contributed by atoms with Crippen LogP contribution in [0.2, 0.25) is 0 Å². The highest BCUT2D eigenvalue weighted by molar-refractivity contribution is 6.17. The van der Waals surface area contributed by atoms with Crippen molar-refractivity contribution >= 4 is 11.6 Å². The van der Waals surface area contributed by atoms with Crippen molar-refractivity contribution in [2.24, 2.45) is 0 Å². The van der Waals surface area contributed by atoms with Gasteiger partial charge < -0.3 is 9.47 Å². The Labute approximate surface area is 116 Å². The number of alkyl halides is 1. The van der Waals surface area contributed by atoms with Gasteiger partial charge in [0.25, 0.3) is 0 Å². The normalized spacial score (nSPS) is 21.6. The Morgan fingerprint density at radius 2 is 2.00 bits per heavy atom. The SMILES string of the molecule is CC1(C)CCC(COc2c(F)cc(CCl)cc2F)O1. The molecule has 19 heavy (non-hydrogen) atoms. The molecule has 1 aliphatic rings. The second-order valence-electron chi connectivity index (χ2n) is 5.37. The van der Waals surface area contributed by atoms with Gasteiger partial charge in [0.1, 0.15) is 6.61 Å². The van der Waals surface area contributed by atoms with Crippen molar-refractivity contribution in [3.8, 4) is 5.75 Å². The molecule has 0 N–H and O–H groups in total. The van der Waals surface area contributed by atoms with Gasteiger partial charge in [-0.1, -0.05) is 0 Å². The van der Waals surface area contributed by atoms with E-state index in [-0.39, 0.29) is 29.9 Å². The maximum atomic E-state index is 13.7. The third-order valence-electron chi connectivity index (χ3n) is 3.18. The Bertz CT molecular complexity index is 440. The molecule has 106 valence electrons. The van der Waals surface area contributed by atoms with Gasteiger partial charge in [-0.2, -0.15) is 0 Å². The van der Waals surface area contributed by atoms with Crippen molar-refractivity contribution in [1.29, 1.82) is 0 Å². The Morgan fingerprint density at radius 3 is 2.47 bits per heavy atom. The molecule has 1 fully saturated rings. The van der Waals surface area contributed by atoms with E-state index in [4.69, 9.17) is 21.1 Å². The highest BCUT2D eigenvalue weighted by atomic mass is 35.5. The molecular formula is C14H17ClF2O2. The molecule has 0 radical (unpaired) electrons. The van der Waals surface area contributed by atoms with E-state index in [1.807, 2.05) is 13.8 Å². The van der Waals surface area contributed by atoms with Gasteiger partial charge in [-0.3, -0.25) is 0 Å². The minimum absolute atomic E-state index is 0.0635.